The fraction of sp³-hybridized carbons (Fsp3) is 0.263. The van der Waals surface area contributed by atoms with Crippen LogP contribution >= 0.6 is 11.6 Å². The molecule has 2 heterocycles. The number of nitrogens with zero attached hydrogens (tertiary/aromatic N) is 6. The maximum Gasteiger partial charge on any atom is 0.258 e. The number of rotatable bonds is 5. The Morgan fingerprint density at radius 1 is 1.32 bits per heavy atom. The normalized spacial score (nSPS) is 15.5. The number of hydrogen-bond donors (Lipinski definition) is 1. The van der Waals surface area contributed by atoms with Crippen molar-refractivity contribution in [2.24, 2.45) is 0 Å². The zero-order valence-corrected chi connectivity index (χ0v) is 15.8. The minimum atomic E-state index is -0.530. The van der Waals surface area contributed by atoms with Crippen LogP contribution in [0.1, 0.15) is 47.6 Å². The first-order valence-corrected chi connectivity index (χ1v) is 9.07. The highest BCUT2D eigenvalue weighted by Crippen LogP contribution is 2.50. The summed E-state index contributed by atoms with van der Waals surface area (Å²) in [6, 6.07) is 4.67. The van der Waals surface area contributed by atoms with Crippen LogP contribution < -0.4 is 5.32 Å². The van der Waals surface area contributed by atoms with Crippen LogP contribution in [0, 0.1) is 6.57 Å². The number of halogens is 1. The van der Waals surface area contributed by atoms with Gasteiger partial charge in [-0.25, -0.2) is 16.5 Å². The fourth-order valence-corrected chi connectivity index (χ4v) is 3.28. The van der Waals surface area contributed by atoms with Gasteiger partial charge in [0.15, 0.2) is 11.6 Å². The van der Waals surface area contributed by atoms with Crippen molar-refractivity contribution in [2.45, 2.75) is 31.3 Å². The van der Waals surface area contributed by atoms with Crippen LogP contribution in [0.3, 0.4) is 0 Å². The summed E-state index contributed by atoms with van der Waals surface area (Å²) in [5, 5.41) is 7.51. The van der Waals surface area contributed by atoms with Gasteiger partial charge < -0.3 is 10.2 Å². The molecule has 1 N–H and O–H groups in total. The van der Waals surface area contributed by atoms with Gasteiger partial charge in [0.25, 0.3) is 11.4 Å². The van der Waals surface area contributed by atoms with Gasteiger partial charge in [0.1, 0.15) is 6.33 Å². The molecule has 1 fully saturated rings. The summed E-state index contributed by atoms with van der Waals surface area (Å²) in [5.74, 6) is 0.732. The van der Waals surface area contributed by atoms with Gasteiger partial charge in [0.05, 0.1) is 12.2 Å². The van der Waals surface area contributed by atoms with E-state index in [9.17, 15) is 4.79 Å². The minimum Gasteiger partial charge on any atom is -0.342 e. The monoisotopic (exact) mass is 393 g/mol. The van der Waals surface area contributed by atoms with Crippen molar-refractivity contribution in [2.75, 3.05) is 0 Å². The zero-order valence-electron chi connectivity index (χ0n) is 15.0. The van der Waals surface area contributed by atoms with Crippen molar-refractivity contribution >= 4 is 17.5 Å². The number of aromatic nitrogens is 5. The van der Waals surface area contributed by atoms with E-state index in [-0.39, 0.29) is 5.91 Å². The largest absolute Gasteiger partial charge is 0.342 e. The Morgan fingerprint density at radius 3 is 2.82 bits per heavy atom. The number of benzene rings is 1. The average Bonchev–Trinajstić information content (AvgIpc) is 3.36. The SMILES string of the molecule is [C-]#[N+]C1(c2cc(Cl)cc(C(=O)N[C@H](C)c3ncnn3-c3cnccn3)c2)CC1. The Kier molecular flexibility index (Phi) is 4.53. The summed E-state index contributed by atoms with van der Waals surface area (Å²) in [7, 11) is 0. The third-order valence-electron chi connectivity index (χ3n) is 4.71. The molecule has 0 spiro atoms. The maximum absolute atomic E-state index is 12.8. The second kappa shape index (κ2) is 7.02. The van der Waals surface area contributed by atoms with E-state index < -0.39 is 11.6 Å². The van der Waals surface area contributed by atoms with Crippen LogP contribution in [0.25, 0.3) is 10.7 Å². The summed E-state index contributed by atoms with van der Waals surface area (Å²) in [6.07, 6.45) is 7.66. The molecule has 4 rings (SSSR count). The molecule has 1 aliphatic carbocycles. The van der Waals surface area contributed by atoms with E-state index in [4.69, 9.17) is 18.2 Å². The molecular weight excluding hydrogens is 378 g/mol. The van der Waals surface area contributed by atoms with Gasteiger partial charge in [0.2, 0.25) is 0 Å². The van der Waals surface area contributed by atoms with E-state index >= 15 is 0 Å². The van der Waals surface area contributed by atoms with Crippen molar-refractivity contribution < 1.29 is 4.79 Å². The van der Waals surface area contributed by atoms with E-state index in [0.29, 0.717) is 22.2 Å². The smallest absolute Gasteiger partial charge is 0.258 e. The fourth-order valence-electron chi connectivity index (χ4n) is 3.04. The van der Waals surface area contributed by atoms with Crippen molar-refractivity contribution in [3.05, 3.63) is 76.5 Å². The van der Waals surface area contributed by atoms with Crippen LogP contribution in [0.2, 0.25) is 5.02 Å². The number of amides is 1. The number of nitrogens with one attached hydrogen (secondary N) is 1. The summed E-state index contributed by atoms with van der Waals surface area (Å²) in [6.45, 7) is 9.23. The van der Waals surface area contributed by atoms with E-state index in [1.165, 1.54) is 11.0 Å². The molecule has 1 atom stereocenters. The predicted molar refractivity (Wildman–Crippen MR) is 102 cm³/mol. The molecule has 140 valence electrons. The molecule has 1 amide bonds. The molecule has 0 radical (unpaired) electrons. The molecule has 28 heavy (non-hydrogen) atoms. The predicted octanol–water partition coefficient (Wildman–Crippen LogP) is 3.11. The Bertz CT molecular complexity index is 1070. The van der Waals surface area contributed by atoms with Crippen LogP contribution in [0.4, 0.5) is 0 Å². The standard InChI is InChI=1S/C19H16ClN7O/c1-12(17-24-11-25-27(17)16-10-22-5-6-23-16)26-18(28)13-7-14(9-15(20)8-13)19(21-2)3-4-19/h5-12H,3-4H2,1H3,(H,26,28)/t12-/m1/s1. The van der Waals surface area contributed by atoms with Crippen molar-refractivity contribution in [3.8, 4) is 5.82 Å². The van der Waals surface area contributed by atoms with Crippen LogP contribution in [0.15, 0.2) is 43.1 Å². The Labute approximate surface area is 166 Å². The molecule has 1 aliphatic rings. The highest BCUT2D eigenvalue weighted by Gasteiger charge is 2.52. The molecular formula is C19H16ClN7O. The first kappa shape index (κ1) is 18.1. The quantitative estimate of drug-likeness (QED) is 0.672. The Morgan fingerprint density at radius 2 is 2.14 bits per heavy atom. The van der Waals surface area contributed by atoms with Gasteiger partial charge in [-0.15, -0.1) is 0 Å². The topological polar surface area (TPSA) is 90.0 Å². The number of carbonyl (C=O) groups excluding carboxylic acids is 1. The Hall–Kier alpha value is -3.31. The van der Waals surface area contributed by atoms with E-state index in [1.807, 2.05) is 6.92 Å². The first-order valence-electron chi connectivity index (χ1n) is 8.69. The lowest BCUT2D eigenvalue weighted by Crippen LogP contribution is -2.29. The third-order valence-corrected chi connectivity index (χ3v) is 4.93. The molecule has 1 saturated carbocycles. The van der Waals surface area contributed by atoms with Gasteiger partial charge in [-0.1, -0.05) is 11.6 Å². The molecule has 9 heteroatoms. The Balaban J connectivity index is 1.57. The van der Waals surface area contributed by atoms with Gasteiger partial charge in [-0.3, -0.25) is 9.78 Å². The van der Waals surface area contributed by atoms with Gasteiger partial charge in [-0.05, 0) is 25.1 Å². The molecule has 3 aromatic rings. The molecule has 0 unspecified atom stereocenters. The maximum atomic E-state index is 12.8. The van der Waals surface area contributed by atoms with Crippen molar-refractivity contribution in [1.29, 1.82) is 0 Å². The molecule has 0 aliphatic heterocycles. The van der Waals surface area contributed by atoms with Gasteiger partial charge in [0, 0.05) is 41.4 Å². The lowest BCUT2D eigenvalue weighted by Gasteiger charge is -2.15. The zero-order chi connectivity index (χ0) is 19.7. The molecule has 0 saturated heterocycles. The highest BCUT2D eigenvalue weighted by atomic mass is 35.5. The van der Waals surface area contributed by atoms with Crippen LogP contribution in [-0.2, 0) is 5.54 Å². The lowest BCUT2D eigenvalue weighted by atomic mass is 10.0. The van der Waals surface area contributed by atoms with E-state index in [0.717, 1.165) is 18.4 Å². The highest BCUT2D eigenvalue weighted by molar-refractivity contribution is 6.31. The summed E-state index contributed by atoms with van der Waals surface area (Å²) >= 11 is 6.20. The van der Waals surface area contributed by atoms with E-state index in [2.05, 4.69) is 30.2 Å². The van der Waals surface area contributed by atoms with Crippen molar-refractivity contribution in [3.63, 3.8) is 0 Å². The van der Waals surface area contributed by atoms with E-state index in [1.54, 1.807) is 36.8 Å². The van der Waals surface area contributed by atoms with Crippen LogP contribution in [0.5, 0.6) is 0 Å². The van der Waals surface area contributed by atoms with Gasteiger partial charge >= 0.3 is 0 Å². The third kappa shape index (κ3) is 3.32. The molecule has 8 nitrogen and oxygen atoms in total. The first-order chi connectivity index (χ1) is 13.5. The lowest BCUT2D eigenvalue weighted by molar-refractivity contribution is 0.0937. The molecule has 2 aromatic heterocycles. The second-order valence-corrected chi connectivity index (χ2v) is 7.10. The summed E-state index contributed by atoms with van der Waals surface area (Å²) in [5.41, 5.74) is 0.669. The number of carbonyl (C=O) groups is 1. The molecule has 0 bridgehead atoms. The summed E-state index contributed by atoms with van der Waals surface area (Å²) in [4.78, 5) is 29.0. The second-order valence-electron chi connectivity index (χ2n) is 6.66. The van der Waals surface area contributed by atoms with Crippen LogP contribution in [-0.4, -0.2) is 30.6 Å². The number of hydrogen-bond acceptors (Lipinski definition) is 5. The molecule has 1 aromatic carbocycles. The van der Waals surface area contributed by atoms with Gasteiger partial charge in [-0.2, -0.15) is 9.78 Å². The minimum absolute atomic E-state index is 0.300. The average molecular weight is 394 g/mol. The summed E-state index contributed by atoms with van der Waals surface area (Å²) < 4.78 is 1.53. The van der Waals surface area contributed by atoms with Crippen molar-refractivity contribution in [1.82, 2.24) is 30.0 Å².